The van der Waals surface area contributed by atoms with Gasteiger partial charge in [-0.05, 0) is 17.7 Å². The van der Waals surface area contributed by atoms with Crippen molar-refractivity contribution in [2.45, 2.75) is 6.54 Å². The predicted octanol–water partition coefficient (Wildman–Crippen LogP) is 2.17. The zero-order valence-corrected chi connectivity index (χ0v) is 12.7. The quantitative estimate of drug-likeness (QED) is 0.856. The van der Waals surface area contributed by atoms with Crippen LogP contribution in [0, 0.1) is 0 Å². The number of rotatable bonds is 3. The van der Waals surface area contributed by atoms with Crippen LogP contribution in [-0.2, 0) is 6.54 Å². The van der Waals surface area contributed by atoms with Gasteiger partial charge < -0.3 is 9.80 Å². The van der Waals surface area contributed by atoms with Crippen molar-refractivity contribution < 1.29 is 9.59 Å². The molecule has 0 atom stereocenters. The average molecular weight is 303 g/mol. The molecule has 0 saturated carbocycles. The van der Waals surface area contributed by atoms with Gasteiger partial charge in [-0.1, -0.05) is 23.9 Å². The third kappa shape index (κ3) is 3.05. The van der Waals surface area contributed by atoms with E-state index in [1.165, 1.54) is 16.7 Å². The van der Waals surface area contributed by atoms with E-state index in [-0.39, 0.29) is 11.1 Å². The molecule has 21 heavy (non-hydrogen) atoms. The molecule has 0 radical (unpaired) electrons. The molecule has 0 aromatic heterocycles. The van der Waals surface area contributed by atoms with Crippen molar-refractivity contribution in [1.29, 1.82) is 0 Å². The second-order valence-electron chi connectivity index (χ2n) is 5.21. The van der Waals surface area contributed by atoms with Gasteiger partial charge in [-0.25, -0.2) is 0 Å². The summed E-state index contributed by atoms with van der Waals surface area (Å²) < 4.78 is 0. The van der Waals surface area contributed by atoms with E-state index in [9.17, 15) is 9.59 Å². The number of thioether (sulfide) groups is 1. The van der Waals surface area contributed by atoms with Crippen molar-refractivity contribution in [2.75, 3.05) is 26.0 Å². The van der Waals surface area contributed by atoms with Crippen LogP contribution in [0.5, 0.6) is 0 Å². The Bertz CT molecular complexity index is 585. The largest absolute Gasteiger partial charge is 0.362 e. The van der Waals surface area contributed by atoms with Gasteiger partial charge in [-0.15, -0.1) is 0 Å². The van der Waals surface area contributed by atoms with E-state index in [0.29, 0.717) is 17.9 Å². The molecule has 110 valence electrons. The summed E-state index contributed by atoms with van der Waals surface area (Å²) >= 11 is 1.20. The third-order valence-corrected chi connectivity index (χ3v) is 4.38. The Morgan fingerprint density at radius 3 is 2.57 bits per heavy atom. The average Bonchev–Trinajstić information content (AvgIpc) is 3.08. The van der Waals surface area contributed by atoms with Crippen LogP contribution in [0.1, 0.15) is 15.9 Å². The monoisotopic (exact) mass is 303 g/mol. The van der Waals surface area contributed by atoms with Crippen LogP contribution >= 0.6 is 11.8 Å². The first-order chi connectivity index (χ1) is 10.1. The van der Waals surface area contributed by atoms with Gasteiger partial charge in [-0.2, -0.15) is 0 Å². The van der Waals surface area contributed by atoms with E-state index in [4.69, 9.17) is 0 Å². The van der Waals surface area contributed by atoms with Gasteiger partial charge in [0.25, 0.3) is 11.1 Å². The summed E-state index contributed by atoms with van der Waals surface area (Å²) in [6.07, 6.45) is 4.09. The molecule has 2 heterocycles. The fourth-order valence-corrected chi connectivity index (χ4v) is 3.19. The van der Waals surface area contributed by atoms with Crippen LogP contribution in [-0.4, -0.2) is 51.9 Å². The molecule has 0 unspecified atom stereocenters. The Morgan fingerprint density at radius 2 is 2.00 bits per heavy atom. The van der Waals surface area contributed by atoms with E-state index in [2.05, 4.69) is 16.0 Å². The first-order valence-electron chi connectivity index (χ1n) is 6.84. The molecule has 0 bridgehead atoms. The first kappa shape index (κ1) is 14.0. The maximum Gasteiger partial charge on any atom is 0.288 e. The van der Waals surface area contributed by atoms with Gasteiger partial charge in [0.15, 0.2) is 0 Å². The lowest BCUT2D eigenvalue weighted by atomic mass is 10.1. The number of hydrogen-bond donors (Lipinski definition) is 0. The number of hydrogen-bond acceptors (Lipinski definition) is 5. The second-order valence-corrected chi connectivity index (χ2v) is 6.26. The normalized spacial score (nSPS) is 18.0. The standard InChI is InChI=1S/C15H17N3O2S/c1-16-6-7-17(11-16)10-12-2-4-13(5-3-12)14(19)18-8-9-21-15(18)20/h2-7H,8-11H2,1H3. The topological polar surface area (TPSA) is 43.9 Å². The zero-order valence-electron chi connectivity index (χ0n) is 11.9. The molecule has 0 spiro atoms. The van der Waals surface area contributed by atoms with Crippen LogP contribution < -0.4 is 0 Å². The number of carbonyl (C=O) groups is 2. The van der Waals surface area contributed by atoms with Crippen molar-refractivity contribution in [1.82, 2.24) is 14.7 Å². The zero-order chi connectivity index (χ0) is 14.8. The summed E-state index contributed by atoms with van der Waals surface area (Å²) in [6, 6.07) is 7.51. The molecule has 1 aromatic rings. The maximum absolute atomic E-state index is 12.2. The van der Waals surface area contributed by atoms with Gasteiger partial charge in [0.1, 0.15) is 0 Å². The Morgan fingerprint density at radius 1 is 1.24 bits per heavy atom. The lowest BCUT2D eigenvalue weighted by molar-refractivity contribution is 0.0833. The Hall–Kier alpha value is -1.95. The summed E-state index contributed by atoms with van der Waals surface area (Å²) in [4.78, 5) is 29.4. The second kappa shape index (κ2) is 5.81. The highest BCUT2D eigenvalue weighted by molar-refractivity contribution is 8.13. The molecule has 6 heteroatoms. The number of amides is 2. The number of benzene rings is 1. The number of carbonyl (C=O) groups excluding carboxylic acids is 2. The minimum atomic E-state index is -0.197. The summed E-state index contributed by atoms with van der Waals surface area (Å²) in [6.45, 7) is 2.20. The molecule has 2 aliphatic heterocycles. The van der Waals surface area contributed by atoms with Crippen molar-refractivity contribution in [3.63, 3.8) is 0 Å². The van der Waals surface area contributed by atoms with Crippen LogP contribution in [0.3, 0.4) is 0 Å². The lowest BCUT2D eigenvalue weighted by Crippen LogP contribution is -2.30. The Labute approximate surface area is 128 Å². The Balaban J connectivity index is 1.65. The van der Waals surface area contributed by atoms with E-state index in [1.54, 1.807) is 12.1 Å². The van der Waals surface area contributed by atoms with Crippen molar-refractivity contribution in [3.8, 4) is 0 Å². The van der Waals surface area contributed by atoms with Crippen molar-refractivity contribution in [2.24, 2.45) is 0 Å². The molecule has 1 saturated heterocycles. The summed E-state index contributed by atoms with van der Waals surface area (Å²) in [5.41, 5.74) is 1.72. The van der Waals surface area contributed by atoms with E-state index >= 15 is 0 Å². The highest BCUT2D eigenvalue weighted by Crippen LogP contribution is 2.20. The molecule has 5 nitrogen and oxygen atoms in total. The van der Waals surface area contributed by atoms with Gasteiger partial charge in [0.2, 0.25) is 0 Å². The van der Waals surface area contributed by atoms with Gasteiger partial charge in [-0.3, -0.25) is 14.5 Å². The molecular formula is C15H17N3O2S. The number of imide groups is 1. The smallest absolute Gasteiger partial charge is 0.288 e. The van der Waals surface area contributed by atoms with Gasteiger partial charge >= 0.3 is 0 Å². The van der Waals surface area contributed by atoms with Crippen molar-refractivity contribution >= 4 is 22.9 Å². The van der Waals surface area contributed by atoms with Crippen molar-refractivity contribution in [3.05, 3.63) is 47.8 Å². The summed E-state index contributed by atoms with van der Waals surface area (Å²) in [5, 5.41) is -0.144. The number of nitrogens with zero attached hydrogens (tertiary/aromatic N) is 3. The van der Waals surface area contributed by atoms with E-state index in [0.717, 1.165) is 18.8 Å². The summed E-state index contributed by atoms with van der Waals surface area (Å²) in [7, 11) is 2.03. The van der Waals surface area contributed by atoms with Crippen LogP contribution in [0.15, 0.2) is 36.7 Å². The molecule has 0 aliphatic carbocycles. The maximum atomic E-state index is 12.2. The van der Waals surface area contributed by atoms with E-state index < -0.39 is 0 Å². The SMILES string of the molecule is CN1C=CN(Cc2ccc(C(=O)N3CCSC3=O)cc2)C1. The third-order valence-electron chi connectivity index (χ3n) is 3.53. The lowest BCUT2D eigenvalue weighted by Gasteiger charge is -2.18. The molecule has 0 N–H and O–H groups in total. The van der Waals surface area contributed by atoms with Crippen LogP contribution in [0.25, 0.3) is 0 Å². The molecule has 2 amide bonds. The molecule has 3 rings (SSSR count). The Kier molecular flexibility index (Phi) is 3.88. The molecule has 2 aliphatic rings. The fourth-order valence-electron chi connectivity index (χ4n) is 2.41. The molecule has 1 fully saturated rings. The minimum Gasteiger partial charge on any atom is -0.362 e. The minimum absolute atomic E-state index is 0.144. The van der Waals surface area contributed by atoms with Crippen LogP contribution in [0.2, 0.25) is 0 Å². The van der Waals surface area contributed by atoms with Crippen LogP contribution in [0.4, 0.5) is 4.79 Å². The highest BCUT2D eigenvalue weighted by atomic mass is 32.2. The summed E-state index contributed by atoms with van der Waals surface area (Å²) in [5.74, 6) is 0.495. The van der Waals surface area contributed by atoms with E-state index in [1.807, 2.05) is 25.4 Å². The highest BCUT2D eigenvalue weighted by Gasteiger charge is 2.28. The van der Waals surface area contributed by atoms with Gasteiger partial charge in [0.05, 0.1) is 6.67 Å². The molecular weight excluding hydrogens is 286 g/mol. The molecule has 1 aromatic carbocycles. The fraction of sp³-hybridized carbons (Fsp3) is 0.333. The first-order valence-corrected chi connectivity index (χ1v) is 7.82. The van der Waals surface area contributed by atoms with Gasteiger partial charge in [0, 0.05) is 43.9 Å². The predicted molar refractivity (Wildman–Crippen MR) is 82.6 cm³/mol.